The van der Waals surface area contributed by atoms with Gasteiger partial charge in [0.05, 0.1) is 5.69 Å². The number of alkyl halides is 1. The van der Waals surface area contributed by atoms with Crippen LogP contribution in [-0.2, 0) is 13.6 Å². The van der Waals surface area contributed by atoms with Crippen molar-refractivity contribution in [3.05, 3.63) is 17.0 Å². The van der Waals surface area contributed by atoms with Gasteiger partial charge in [-0.05, 0) is 5.92 Å². The van der Waals surface area contributed by atoms with E-state index in [2.05, 4.69) is 24.3 Å². The Balaban J connectivity index is 2.54. The molecule has 0 radical (unpaired) electrons. The largest absolute Gasteiger partial charge is 0.308 e. The average molecular weight is 197 g/mol. The minimum absolute atomic E-state index is 0.326. The first-order valence-corrected chi connectivity index (χ1v) is 5.01. The Morgan fingerprint density at radius 3 is 2.93 bits per heavy atom. The van der Waals surface area contributed by atoms with E-state index in [9.17, 15) is 4.39 Å². The van der Waals surface area contributed by atoms with Crippen molar-refractivity contribution in [2.75, 3.05) is 6.54 Å². The lowest BCUT2D eigenvalue weighted by Crippen LogP contribution is -2.26. The summed E-state index contributed by atoms with van der Waals surface area (Å²) in [5.41, 5.74) is 2.73. The van der Waals surface area contributed by atoms with Crippen LogP contribution in [-0.4, -0.2) is 16.3 Å². The Hall–Kier alpha value is -0.900. The zero-order valence-corrected chi connectivity index (χ0v) is 8.84. The number of nitrogens with one attached hydrogen (secondary N) is 1. The molecule has 0 spiro atoms. The number of nitrogens with zero attached hydrogens (tertiary/aromatic N) is 2. The van der Waals surface area contributed by atoms with E-state index in [1.807, 2.05) is 11.7 Å². The van der Waals surface area contributed by atoms with E-state index in [-0.39, 0.29) is 0 Å². The van der Waals surface area contributed by atoms with Gasteiger partial charge >= 0.3 is 0 Å². The van der Waals surface area contributed by atoms with Gasteiger partial charge in [0.1, 0.15) is 6.17 Å². The number of aromatic nitrogens is 2. The number of hydrogen-bond donors (Lipinski definition) is 1. The standard InChI is InChI=1S/C10H16FN3/c1-6(2)10-9-7(11)4-12-5-8(9)13-14(10)3/h6-7,12H,4-5H2,1-3H3. The second kappa shape index (κ2) is 3.35. The molecule has 14 heavy (non-hydrogen) atoms. The van der Waals surface area contributed by atoms with Crippen LogP contribution in [0.5, 0.6) is 0 Å². The van der Waals surface area contributed by atoms with Gasteiger partial charge in [-0.3, -0.25) is 4.68 Å². The van der Waals surface area contributed by atoms with E-state index in [0.29, 0.717) is 19.0 Å². The third kappa shape index (κ3) is 1.34. The lowest BCUT2D eigenvalue weighted by molar-refractivity contribution is 0.307. The highest BCUT2D eigenvalue weighted by Crippen LogP contribution is 2.31. The third-order valence-electron chi connectivity index (χ3n) is 2.68. The fourth-order valence-corrected chi connectivity index (χ4v) is 2.19. The van der Waals surface area contributed by atoms with E-state index in [0.717, 1.165) is 17.0 Å². The highest BCUT2D eigenvalue weighted by atomic mass is 19.1. The SMILES string of the molecule is CC(C)c1c2c(nn1C)CNCC2F. The first kappa shape index (κ1) is 9.65. The van der Waals surface area contributed by atoms with Gasteiger partial charge in [-0.2, -0.15) is 5.10 Å². The molecule has 0 saturated heterocycles. The molecule has 0 aliphatic carbocycles. The lowest BCUT2D eigenvalue weighted by atomic mass is 9.98. The maximum atomic E-state index is 13.7. The van der Waals surface area contributed by atoms with E-state index >= 15 is 0 Å². The summed E-state index contributed by atoms with van der Waals surface area (Å²) in [4.78, 5) is 0. The van der Waals surface area contributed by atoms with Crippen LogP contribution >= 0.6 is 0 Å². The minimum Gasteiger partial charge on any atom is -0.308 e. The molecule has 0 aromatic carbocycles. The van der Waals surface area contributed by atoms with Gasteiger partial charge < -0.3 is 5.32 Å². The zero-order valence-electron chi connectivity index (χ0n) is 8.84. The van der Waals surface area contributed by atoms with Gasteiger partial charge in [-0.25, -0.2) is 4.39 Å². The zero-order chi connectivity index (χ0) is 10.3. The van der Waals surface area contributed by atoms with Crippen LogP contribution in [0.25, 0.3) is 0 Å². The van der Waals surface area contributed by atoms with Gasteiger partial charge in [0.2, 0.25) is 0 Å². The summed E-state index contributed by atoms with van der Waals surface area (Å²) in [6.07, 6.45) is -0.898. The molecule has 1 aliphatic rings. The number of halogens is 1. The fourth-order valence-electron chi connectivity index (χ4n) is 2.19. The molecule has 1 unspecified atom stereocenters. The molecular weight excluding hydrogens is 181 g/mol. The topological polar surface area (TPSA) is 29.9 Å². The van der Waals surface area contributed by atoms with E-state index in [4.69, 9.17) is 0 Å². The van der Waals surface area contributed by atoms with Gasteiger partial charge in [-0.15, -0.1) is 0 Å². The first-order chi connectivity index (χ1) is 6.61. The summed E-state index contributed by atoms with van der Waals surface area (Å²) in [5.74, 6) is 0.326. The summed E-state index contributed by atoms with van der Waals surface area (Å²) in [5, 5.41) is 7.36. The Bertz CT molecular complexity index is 343. The summed E-state index contributed by atoms with van der Waals surface area (Å²) < 4.78 is 15.5. The van der Waals surface area contributed by atoms with Crippen molar-refractivity contribution in [2.24, 2.45) is 7.05 Å². The van der Waals surface area contributed by atoms with Crippen LogP contribution in [0.3, 0.4) is 0 Å². The molecule has 78 valence electrons. The van der Waals surface area contributed by atoms with Crippen molar-refractivity contribution in [3.8, 4) is 0 Å². The van der Waals surface area contributed by atoms with Crippen molar-refractivity contribution >= 4 is 0 Å². The predicted octanol–water partition coefficient (Wildman–Crippen LogP) is 1.66. The molecule has 4 heteroatoms. The molecule has 3 nitrogen and oxygen atoms in total. The Morgan fingerprint density at radius 1 is 1.57 bits per heavy atom. The van der Waals surface area contributed by atoms with Crippen molar-refractivity contribution < 1.29 is 4.39 Å². The smallest absolute Gasteiger partial charge is 0.141 e. The van der Waals surface area contributed by atoms with E-state index in [1.54, 1.807) is 0 Å². The summed E-state index contributed by atoms with van der Waals surface area (Å²) in [7, 11) is 1.89. The molecule has 1 aliphatic heterocycles. The molecule has 0 bridgehead atoms. The highest BCUT2D eigenvalue weighted by Gasteiger charge is 2.28. The Labute approximate surface area is 83.3 Å². The van der Waals surface area contributed by atoms with E-state index in [1.165, 1.54) is 0 Å². The maximum Gasteiger partial charge on any atom is 0.141 e. The number of aryl methyl sites for hydroxylation is 1. The van der Waals surface area contributed by atoms with Gasteiger partial charge in [0.15, 0.2) is 0 Å². The number of rotatable bonds is 1. The van der Waals surface area contributed by atoms with Crippen LogP contribution in [0, 0.1) is 0 Å². The lowest BCUT2D eigenvalue weighted by Gasteiger charge is -2.18. The monoisotopic (exact) mass is 197 g/mol. The maximum absolute atomic E-state index is 13.7. The van der Waals surface area contributed by atoms with Crippen molar-refractivity contribution in [2.45, 2.75) is 32.5 Å². The molecule has 0 saturated carbocycles. The normalized spacial score (nSPS) is 21.4. The molecule has 1 N–H and O–H groups in total. The Kier molecular flexibility index (Phi) is 2.31. The van der Waals surface area contributed by atoms with Gasteiger partial charge in [0.25, 0.3) is 0 Å². The molecule has 1 atom stereocenters. The second-order valence-corrected chi connectivity index (χ2v) is 4.12. The molecule has 1 aromatic rings. The highest BCUT2D eigenvalue weighted by molar-refractivity contribution is 5.32. The summed E-state index contributed by atoms with van der Waals surface area (Å²) >= 11 is 0. The molecule has 0 fully saturated rings. The number of hydrogen-bond acceptors (Lipinski definition) is 2. The fraction of sp³-hybridized carbons (Fsp3) is 0.700. The second-order valence-electron chi connectivity index (χ2n) is 4.12. The van der Waals surface area contributed by atoms with Crippen LogP contribution in [0.1, 0.15) is 42.9 Å². The molecule has 1 aromatic heterocycles. The molecule has 0 amide bonds. The molecule has 2 rings (SSSR count). The summed E-state index contributed by atoms with van der Waals surface area (Å²) in [6.45, 7) is 5.26. The van der Waals surface area contributed by atoms with E-state index < -0.39 is 6.17 Å². The quantitative estimate of drug-likeness (QED) is 0.742. The predicted molar refractivity (Wildman–Crippen MR) is 52.9 cm³/mol. The van der Waals surface area contributed by atoms with Crippen LogP contribution in [0.4, 0.5) is 4.39 Å². The van der Waals surface area contributed by atoms with Crippen LogP contribution < -0.4 is 5.32 Å². The van der Waals surface area contributed by atoms with Crippen molar-refractivity contribution in [1.82, 2.24) is 15.1 Å². The van der Waals surface area contributed by atoms with Crippen molar-refractivity contribution in [1.29, 1.82) is 0 Å². The molecular formula is C10H16FN3. The van der Waals surface area contributed by atoms with Crippen LogP contribution in [0.15, 0.2) is 0 Å². The number of fused-ring (bicyclic) bond motifs is 1. The van der Waals surface area contributed by atoms with Gasteiger partial charge in [-0.1, -0.05) is 13.8 Å². The first-order valence-electron chi connectivity index (χ1n) is 5.01. The Morgan fingerprint density at radius 2 is 2.29 bits per heavy atom. The third-order valence-corrected chi connectivity index (χ3v) is 2.68. The summed E-state index contributed by atoms with van der Waals surface area (Å²) in [6, 6.07) is 0. The average Bonchev–Trinajstić information content (AvgIpc) is 2.42. The van der Waals surface area contributed by atoms with Gasteiger partial charge in [0, 0.05) is 31.4 Å². The van der Waals surface area contributed by atoms with Crippen LogP contribution in [0.2, 0.25) is 0 Å². The minimum atomic E-state index is -0.898. The van der Waals surface area contributed by atoms with Crippen molar-refractivity contribution in [3.63, 3.8) is 0 Å². The molecule has 2 heterocycles.